The van der Waals surface area contributed by atoms with Crippen molar-refractivity contribution in [2.24, 2.45) is 0 Å². The maximum absolute atomic E-state index is 13.0. The number of amides is 1. The van der Waals surface area contributed by atoms with Crippen LogP contribution >= 0.6 is 0 Å². The number of benzene rings is 2. The van der Waals surface area contributed by atoms with Crippen molar-refractivity contribution in [1.82, 2.24) is 19.9 Å². The summed E-state index contributed by atoms with van der Waals surface area (Å²) in [6.07, 6.45) is 2.75. The molecule has 0 aliphatic carbocycles. The lowest BCUT2D eigenvalue weighted by Crippen LogP contribution is -2.25. The number of aromatic nitrogens is 3. The molecular formula is C24H20N4O6. The van der Waals surface area contributed by atoms with E-state index in [2.05, 4.69) is 15.3 Å². The Morgan fingerprint density at radius 1 is 1.06 bits per heavy atom. The molecule has 1 amide bonds. The number of hydrogen-bond donors (Lipinski definition) is 3. The second-order valence-electron chi connectivity index (χ2n) is 7.46. The van der Waals surface area contributed by atoms with Gasteiger partial charge in [0, 0.05) is 6.54 Å². The lowest BCUT2D eigenvalue weighted by molar-refractivity contribution is 0.0696. The molecule has 10 heteroatoms. The maximum atomic E-state index is 13.0. The van der Waals surface area contributed by atoms with Gasteiger partial charge in [0.1, 0.15) is 5.69 Å². The molecule has 4 rings (SSSR count). The normalized spacial score (nSPS) is 10.7. The number of phenols is 1. The van der Waals surface area contributed by atoms with Gasteiger partial charge in [-0.2, -0.15) is 0 Å². The van der Waals surface area contributed by atoms with E-state index in [-0.39, 0.29) is 41.0 Å². The summed E-state index contributed by atoms with van der Waals surface area (Å²) in [5.41, 5.74) is 1.64. The standard InChI is InChI=1S/C24H20N4O6/c1-34-21-8-15(4-7-20(21)29)10-26-22(30)18-9-17-19(11-25-18)27-13-28(23(17)31)12-14-2-5-16(6-3-14)24(32)33/h2-9,11,13,29H,10,12H2,1H3,(H,26,30)(H,32,33). The molecule has 4 aromatic rings. The number of nitrogens with one attached hydrogen (secondary N) is 1. The number of carboxylic acid groups (broad SMARTS) is 1. The monoisotopic (exact) mass is 460 g/mol. The van der Waals surface area contributed by atoms with Crippen LogP contribution in [-0.2, 0) is 13.1 Å². The third-order valence-corrected chi connectivity index (χ3v) is 5.19. The summed E-state index contributed by atoms with van der Waals surface area (Å²) < 4.78 is 6.44. The van der Waals surface area contributed by atoms with Crippen LogP contribution in [0.25, 0.3) is 10.9 Å². The van der Waals surface area contributed by atoms with Crippen LogP contribution in [0.1, 0.15) is 32.0 Å². The number of methoxy groups -OCH3 is 1. The quantitative estimate of drug-likeness (QED) is 0.381. The van der Waals surface area contributed by atoms with E-state index in [1.165, 1.54) is 48.5 Å². The third kappa shape index (κ3) is 4.70. The SMILES string of the molecule is COc1cc(CNC(=O)c2cc3c(=O)n(Cc4ccc(C(=O)O)cc4)cnc3cn2)ccc1O. The number of pyridine rings is 1. The zero-order valence-corrected chi connectivity index (χ0v) is 18.1. The first-order chi connectivity index (χ1) is 16.4. The fourth-order valence-electron chi connectivity index (χ4n) is 3.35. The minimum atomic E-state index is -1.03. The molecule has 0 spiro atoms. The fourth-order valence-corrected chi connectivity index (χ4v) is 3.35. The van der Waals surface area contributed by atoms with Crippen LogP contribution in [0.3, 0.4) is 0 Å². The fraction of sp³-hybridized carbons (Fsp3) is 0.125. The predicted octanol–water partition coefficient (Wildman–Crippen LogP) is 2.18. The average Bonchev–Trinajstić information content (AvgIpc) is 2.85. The van der Waals surface area contributed by atoms with E-state index in [4.69, 9.17) is 9.84 Å². The third-order valence-electron chi connectivity index (χ3n) is 5.19. The summed E-state index contributed by atoms with van der Waals surface area (Å²) >= 11 is 0. The van der Waals surface area contributed by atoms with Gasteiger partial charge < -0.3 is 20.3 Å². The van der Waals surface area contributed by atoms with E-state index in [0.29, 0.717) is 16.8 Å². The number of carbonyl (C=O) groups excluding carboxylic acids is 1. The highest BCUT2D eigenvalue weighted by molar-refractivity contribution is 5.95. The second kappa shape index (κ2) is 9.41. The molecular weight excluding hydrogens is 440 g/mol. The molecule has 2 aromatic heterocycles. The van der Waals surface area contributed by atoms with E-state index < -0.39 is 11.9 Å². The molecule has 34 heavy (non-hydrogen) atoms. The molecule has 2 aromatic carbocycles. The van der Waals surface area contributed by atoms with Crippen molar-refractivity contribution in [3.63, 3.8) is 0 Å². The van der Waals surface area contributed by atoms with Crippen molar-refractivity contribution in [2.45, 2.75) is 13.1 Å². The molecule has 0 atom stereocenters. The minimum absolute atomic E-state index is 0.00428. The van der Waals surface area contributed by atoms with Gasteiger partial charge in [0.25, 0.3) is 11.5 Å². The molecule has 2 heterocycles. The van der Waals surface area contributed by atoms with Gasteiger partial charge in [0.05, 0.1) is 42.6 Å². The molecule has 10 nitrogen and oxygen atoms in total. The highest BCUT2D eigenvalue weighted by Gasteiger charge is 2.13. The van der Waals surface area contributed by atoms with Crippen molar-refractivity contribution in [2.75, 3.05) is 7.11 Å². The Morgan fingerprint density at radius 3 is 2.50 bits per heavy atom. The number of rotatable bonds is 7. The Hall–Kier alpha value is -4.73. The zero-order valence-electron chi connectivity index (χ0n) is 18.1. The Morgan fingerprint density at radius 2 is 1.79 bits per heavy atom. The van der Waals surface area contributed by atoms with Gasteiger partial charge in [0.2, 0.25) is 0 Å². The summed E-state index contributed by atoms with van der Waals surface area (Å²) in [6, 6.07) is 12.3. The van der Waals surface area contributed by atoms with Crippen LogP contribution in [0.5, 0.6) is 11.5 Å². The Bertz CT molecular complexity index is 1450. The van der Waals surface area contributed by atoms with Crippen molar-refractivity contribution >= 4 is 22.8 Å². The summed E-state index contributed by atoms with van der Waals surface area (Å²) in [5.74, 6) is -1.22. The van der Waals surface area contributed by atoms with Crippen molar-refractivity contribution in [3.05, 3.63) is 93.8 Å². The number of aromatic carboxylic acids is 1. The lowest BCUT2D eigenvalue weighted by atomic mass is 10.1. The summed E-state index contributed by atoms with van der Waals surface area (Å²) in [5, 5.41) is 21.7. The smallest absolute Gasteiger partial charge is 0.335 e. The van der Waals surface area contributed by atoms with Crippen LogP contribution in [0, 0.1) is 0 Å². The first-order valence-electron chi connectivity index (χ1n) is 10.2. The number of ether oxygens (including phenoxy) is 1. The number of nitrogens with zero attached hydrogens (tertiary/aromatic N) is 3. The minimum Gasteiger partial charge on any atom is -0.504 e. The molecule has 172 valence electrons. The molecule has 0 bridgehead atoms. The van der Waals surface area contributed by atoms with Gasteiger partial charge in [-0.05, 0) is 41.5 Å². The number of aromatic hydroxyl groups is 1. The number of carbonyl (C=O) groups is 2. The predicted molar refractivity (Wildman–Crippen MR) is 122 cm³/mol. The van der Waals surface area contributed by atoms with Gasteiger partial charge in [-0.3, -0.25) is 14.2 Å². The average molecular weight is 460 g/mol. The van der Waals surface area contributed by atoms with Gasteiger partial charge in [-0.25, -0.2) is 14.8 Å². The number of phenolic OH excluding ortho intramolecular Hbond substituents is 1. The van der Waals surface area contributed by atoms with Crippen LogP contribution in [0.2, 0.25) is 0 Å². The van der Waals surface area contributed by atoms with E-state index in [1.807, 2.05) is 0 Å². The van der Waals surface area contributed by atoms with E-state index in [9.17, 15) is 19.5 Å². The molecule has 0 saturated carbocycles. The molecule has 3 N–H and O–H groups in total. The summed E-state index contributed by atoms with van der Waals surface area (Å²) in [7, 11) is 1.43. The molecule has 0 radical (unpaired) electrons. The number of fused-ring (bicyclic) bond motifs is 1. The van der Waals surface area contributed by atoms with Gasteiger partial charge in [-0.15, -0.1) is 0 Å². The Balaban J connectivity index is 1.54. The van der Waals surface area contributed by atoms with Crippen LogP contribution in [0.4, 0.5) is 0 Å². The summed E-state index contributed by atoms with van der Waals surface area (Å²) in [6.45, 7) is 0.354. The molecule has 0 aliphatic rings. The van der Waals surface area contributed by atoms with E-state index in [0.717, 1.165) is 5.56 Å². The highest BCUT2D eigenvalue weighted by Crippen LogP contribution is 2.26. The molecule has 0 aliphatic heterocycles. The van der Waals surface area contributed by atoms with Crippen molar-refractivity contribution < 1.29 is 24.5 Å². The van der Waals surface area contributed by atoms with Gasteiger partial charge in [0.15, 0.2) is 11.5 Å². The van der Waals surface area contributed by atoms with Crippen molar-refractivity contribution in [1.29, 1.82) is 0 Å². The van der Waals surface area contributed by atoms with Crippen molar-refractivity contribution in [3.8, 4) is 11.5 Å². The maximum Gasteiger partial charge on any atom is 0.335 e. The first-order valence-corrected chi connectivity index (χ1v) is 10.2. The first kappa shape index (κ1) is 22.5. The number of hydrogen-bond acceptors (Lipinski definition) is 7. The Kier molecular flexibility index (Phi) is 6.22. The molecule has 0 fully saturated rings. The van der Waals surface area contributed by atoms with Gasteiger partial charge >= 0.3 is 5.97 Å². The molecule has 0 unspecified atom stereocenters. The van der Waals surface area contributed by atoms with Gasteiger partial charge in [-0.1, -0.05) is 18.2 Å². The van der Waals surface area contributed by atoms with Crippen LogP contribution in [-0.4, -0.2) is 43.7 Å². The van der Waals surface area contributed by atoms with E-state index in [1.54, 1.807) is 24.3 Å². The highest BCUT2D eigenvalue weighted by atomic mass is 16.5. The Labute approximate surface area is 193 Å². The van der Waals surface area contributed by atoms with Crippen LogP contribution in [0.15, 0.2) is 65.8 Å². The number of carboxylic acids is 1. The topological polar surface area (TPSA) is 144 Å². The second-order valence-corrected chi connectivity index (χ2v) is 7.46. The lowest BCUT2D eigenvalue weighted by Gasteiger charge is -2.09. The van der Waals surface area contributed by atoms with E-state index >= 15 is 0 Å². The zero-order chi connectivity index (χ0) is 24.2. The summed E-state index contributed by atoms with van der Waals surface area (Å²) in [4.78, 5) is 45.0. The molecule has 0 saturated heterocycles. The van der Waals surface area contributed by atoms with Crippen LogP contribution < -0.4 is 15.6 Å². The largest absolute Gasteiger partial charge is 0.504 e.